The summed E-state index contributed by atoms with van der Waals surface area (Å²) in [4.78, 5) is 29.7. The maximum Gasteiger partial charge on any atom is 0.225 e. The second-order valence-corrected chi connectivity index (χ2v) is 10.5. The number of rotatable bonds is 5. The highest BCUT2D eigenvalue weighted by Gasteiger charge is 2.32. The first-order valence-electron chi connectivity index (χ1n) is 12.1. The van der Waals surface area contributed by atoms with Crippen LogP contribution < -0.4 is 5.32 Å². The molecule has 178 valence electrons. The van der Waals surface area contributed by atoms with Crippen LogP contribution in [0.5, 0.6) is 0 Å². The number of thiazole rings is 1. The average Bonchev–Trinajstić information content (AvgIpc) is 3.34. The van der Waals surface area contributed by atoms with E-state index in [-0.39, 0.29) is 17.9 Å². The van der Waals surface area contributed by atoms with Crippen LogP contribution in [0.3, 0.4) is 0 Å². The van der Waals surface area contributed by atoms with Crippen molar-refractivity contribution in [3.05, 3.63) is 53.3 Å². The maximum atomic E-state index is 12.9. The molecule has 0 aromatic carbocycles. The quantitative estimate of drug-likeness (QED) is 0.543. The summed E-state index contributed by atoms with van der Waals surface area (Å²) in [7, 11) is 0. The van der Waals surface area contributed by atoms with Gasteiger partial charge in [0.15, 0.2) is 0 Å². The van der Waals surface area contributed by atoms with Gasteiger partial charge < -0.3 is 15.3 Å². The molecule has 0 spiro atoms. The molecule has 1 atom stereocenters. The molecule has 2 N–H and O–H groups in total. The van der Waals surface area contributed by atoms with Gasteiger partial charge in [0.25, 0.3) is 0 Å². The summed E-state index contributed by atoms with van der Waals surface area (Å²) in [6.45, 7) is 3.32. The van der Waals surface area contributed by atoms with Crippen LogP contribution in [0.15, 0.2) is 42.7 Å². The Morgan fingerprint density at radius 1 is 1.12 bits per heavy atom. The Kier molecular flexibility index (Phi) is 6.87. The van der Waals surface area contributed by atoms with Gasteiger partial charge >= 0.3 is 0 Å². The SMILES string of the molecule is Cc1ccnc(Nc2cccc(-c3cnc(C4CCC(C(=O)N5CCCC(O)C5)CC4)s3)n2)c1. The number of carbonyl (C=O) groups excluding carboxylic acids is 1. The van der Waals surface area contributed by atoms with Crippen molar-refractivity contribution < 1.29 is 9.90 Å². The van der Waals surface area contributed by atoms with E-state index < -0.39 is 0 Å². The molecule has 3 aromatic rings. The van der Waals surface area contributed by atoms with E-state index in [0.29, 0.717) is 12.5 Å². The molecule has 5 rings (SSSR count). The average molecular weight is 478 g/mol. The van der Waals surface area contributed by atoms with Crippen LogP contribution in [0, 0.1) is 12.8 Å². The Morgan fingerprint density at radius 3 is 2.76 bits per heavy atom. The van der Waals surface area contributed by atoms with Crippen LogP contribution >= 0.6 is 11.3 Å². The molecule has 8 heteroatoms. The fourth-order valence-corrected chi connectivity index (χ4v) is 6.03. The third kappa shape index (κ3) is 5.28. The molecule has 2 aliphatic rings. The Morgan fingerprint density at radius 2 is 1.97 bits per heavy atom. The molecular weight excluding hydrogens is 446 g/mol. The second kappa shape index (κ2) is 10.2. The summed E-state index contributed by atoms with van der Waals surface area (Å²) in [6, 6.07) is 9.90. The number of anilines is 2. The minimum absolute atomic E-state index is 0.0839. The van der Waals surface area contributed by atoms with Gasteiger partial charge in [-0.05, 0) is 75.3 Å². The number of pyridine rings is 2. The lowest BCUT2D eigenvalue weighted by molar-refractivity contribution is -0.139. The Labute approximate surface area is 204 Å². The van der Waals surface area contributed by atoms with Crippen molar-refractivity contribution in [2.75, 3.05) is 18.4 Å². The standard InChI is InChI=1S/C26H31N5O2S/c1-17-11-12-27-24(14-17)30-23-6-2-5-21(29-23)22-15-28-25(34-22)18-7-9-19(10-8-18)26(33)31-13-3-4-20(32)16-31/h2,5-6,11-12,14-15,18-20,32H,3-4,7-10,13,16H2,1H3,(H,27,29,30). The number of aromatic nitrogens is 3. The third-order valence-electron chi connectivity index (χ3n) is 6.83. The maximum absolute atomic E-state index is 12.9. The number of nitrogens with one attached hydrogen (secondary N) is 1. The highest BCUT2D eigenvalue weighted by Crippen LogP contribution is 2.40. The van der Waals surface area contributed by atoms with Crippen LogP contribution in [0.25, 0.3) is 10.6 Å². The van der Waals surface area contributed by atoms with Crippen molar-refractivity contribution in [2.24, 2.45) is 5.92 Å². The van der Waals surface area contributed by atoms with Crippen LogP contribution in [-0.4, -0.2) is 50.1 Å². The smallest absolute Gasteiger partial charge is 0.225 e. The molecule has 1 unspecified atom stereocenters. The zero-order chi connectivity index (χ0) is 23.5. The van der Waals surface area contributed by atoms with Crippen molar-refractivity contribution in [3.8, 4) is 10.6 Å². The number of hydrogen-bond donors (Lipinski definition) is 2. The summed E-state index contributed by atoms with van der Waals surface area (Å²) < 4.78 is 0. The van der Waals surface area contributed by atoms with Gasteiger partial charge in [0.1, 0.15) is 11.6 Å². The number of amides is 1. The molecule has 4 heterocycles. The molecule has 0 radical (unpaired) electrons. The zero-order valence-corrected chi connectivity index (χ0v) is 20.3. The Balaban J connectivity index is 1.21. The fourth-order valence-electron chi connectivity index (χ4n) is 4.97. The summed E-state index contributed by atoms with van der Waals surface area (Å²) in [6.07, 6.45) is 8.80. The van der Waals surface area contributed by atoms with E-state index >= 15 is 0 Å². The van der Waals surface area contributed by atoms with Gasteiger partial charge in [0.2, 0.25) is 5.91 Å². The number of piperidine rings is 1. The van der Waals surface area contributed by atoms with E-state index in [1.165, 1.54) is 0 Å². The van der Waals surface area contributed by atoms with Gasteiger partial charge in [-0.15, -0.1) is 11.3 Å². The van der Waals surface area contributed by atoms with Gasteiger partial charge in [-0.3, -0.25) is 4.79 Å². The van der Waals surface area contributed by atoms with E-state index in [1.54, 1.807) is 17.5 Å². The first kappa shape index (κ1) is 22.9. The van der Waals surface area contributed by atoms with Crippen molar-refractivity contribution in [2.45, 2.75) is 57.5 Å². The highest BCUT2D eigenvalue weighted by atomic mass is 32.1. The molecule has 1 saturated carbocycles. The molecule has 3 aromatic heterocycles. The summed E-state index contributed by atoms with van der Waals surface area (Å²) in [5.74, 6) is 2.24. The normalized spacial score (nSPS) is 23.0. The van der Waals surface area contributed by atoms with Crippen molar-refractivity contribution in [1.82, 2.24) is 19.9 Å². The molecule has 34 heavy (non-hydrogen) atoms. The summed E-state index contributed by atoms with van der Waals surface area (Å²) >= 11 is 1.70. The molecule has 1 amide bonds. The number of nitrogens with zero attached hydrogens (tertiary/aromatic N) is 4. The topological polar surface area (TPSA) is 91.2 Å². The number of β-amino-alcohol motifs (C(OH)–C–C–N with tert-alkyl or cyclic N) is 1. The molecular formula is C26H31N5O2S. The van der Waals surface area contributed by atoms with Crippen LogP contribution in [-0.2, 0) is 4.79 Å². The largest absolute Gasteiger partial charge is 0.391 e. The molecule has 1 aliphatic heterocycles. The van der Waals surface area contributed by atoms with Gasteiger partial charge in [-0.2, -0.15) is 0 Å². The number of aryl methyl sites for hydroxylation is 1. The Hall–Kier alpha value is -2.84. The van der Waals surface area contributed by atoms with E-state index in [0.717, 1.165) is 77.8 Å². The van der Waals surface area contributed by atoms with Gasteiger partial charge in [-0.1, -0.05) is 6.07 Å². The van der Waals surface area contributed by atoms with Crippen LogP contribution in [0.1, 0.15) is 55.0 Å². The number of aliphatic hydroxyl groups is 1. The van der Waals surface area contributed by atoms with Crippen molar-refractivity contribution >= 4 is 28.9 Å². The first-order chi connectivity index (χ1) is 16.5. The van der Waals surface area contributed by atoms with Crippen molar-refractivity contribution in [3.63, 3.8) is 0 Å². The van der Waals surface area contributed by atoms with E-state index in [2.05, 4.69) is 10.3 Å². The zero-order valence-electron chi connectivity index (χ0n) is 19.5. The molecule has 1 saturated heterocycles. The molecule has 1 aliphatic carbocycles. The second-order valence-electron chi connectivity index (χ2n) is 9.44. The third-order valence-corrected chi connectivity index (χ3v) is 8.01. The van der Waals surface area contributed by atoms with Crippen LogP contribution in [0.2, 0.25) is 0 Å². The van der Waals surface area contributed by atoms with Gasteiger partial charge in [0.05, 0.1) is 21.7 Å². The lowest BCUT2D eigenvalue weighted by atomic mass is 9.81. The minimum atomic E-state index is -0.363. The van der Waals surface area contributed by atoms with Crippen molar-refractivity contribution in [1.29, 1.82) is 0 Å². The predicted octanol–water partition coefficient (Wildman–Crippen LogP) is 4.91. The first-order valence-corrected chi connectivity index (χ1v) is 13.0. The number of likely N-dealkylation sites (tertiary alicyclic amines) is 1. The number of aliphatic hydroxyl groups excluding tert-OH is 1. The van der Waals surface area contributed by atoms with E-state index in [9.17, 15) is 9.90 Å². The molecule has 0 bridgehead atoms. The lowest BCUT2D eigenvalue weighted by Gasteiger charge is -2.35. The highest BCUT2D eigenvalue weighted by molar-refractivity contribution is 7.15. The minimum Gasteiger partial charge on any atom is -0.391 e. The lowest BCUT2D eigenvalue weighted by Crippen LogP contribution is -2.45. The molecule has 7 nitrogen and oxygen atoms in total. The number of hydrogen-bond acceptors (Lipinski definition) is 7. The fraction of sp³-hybridized carbons (Fsp3) is 0.462. The monoisotopic (exact) mass is 477 g/mol. The van der Waals surface area contributed by atoms with E-state index in [4.69, 9.17) is 9.97 Å². The molecule has 2 fully saturated rings. The summed E-state index contributed by atoms with van der Waals surface area (Å²) in [5, 5.41) is 14.3. The van der Waals surface area contributed by atoms with E-state index in [1.807, 2.05) is 48.4 Å². The van der Waals surface area contributed by atoms with Crippen LogP contribution in [0.4, 0.5) is 11.6 Å². The Bertz CT molecular complexity index is 1140. The summed E-state index contributed by atoms with van der Waals surface area (Å²) in [5.41, 5.74) is 2.04. The predicted molar refractivity (Wildman–Crippen MR) is 134 cm³/mol. The van der Waals surface area contributed by atoms with Gasteiger partial charge in [-0.25, -0.2) is 15.0 Å². The number of carbonyl (C=O) groups is 1. The van der Waals surface area contributed by atoms with Gasteiger partial charge in [0, 0.05) is 37.3 Å².